The fourth-order valence-electron chi connectivity index (χ4n) is 2.47. The van der Waals surface area contributed by atoms with Gasteiger partial charge in [0.2, 0.25) is 5.91 Å². The van der Waals surface area contributed by atoms with Crippen LogP contribution in [0.15, 0.2) is 12.1 Å². The minimum absolute atomic E-state index is 0.0148. The van der Waals surface area contributed by atoms with Gasteiger partial charge in [-0.15, -0.1) is 0 Å². The molecule has 1 amide bonds. The summed E-state index contributed by atoms with van der Waals surface area (Å²) in [4.78, 5) is 13.6. The Kier molecular flexibility index (Phi) is 3.67. The van der Waals surface area contributed by atoms with Crippen LogP contribution in [0.1, 0.15) is 12.8 Å². The lowest BCUT2D eigenvalue weighted by atomic mass is 10.1. The summed E-state index contributed by atoms with van der Waals surface area (Å²) in [6, 6.07) is 1.57. The van der Waals surface area contributed by atoms with Gasteiger partial charge in [0.15, 0.2) is 11.6 Å². The molecule has 114 valence electrons. The van der Waals surface area contributed by atoms with Crippen molar-refractivity contribution in [2.45, 2.75) is 24.9 Å². The summed E-state index contributed by atoms with van der Waals surface area (Å²) >= 11 is 0. The van der Waals surface area contributed by atoms with Crippen molar-refractivity contribution in [1.29, 1.82) is 0 Å². The topological polar surface area (TPSA) is 67.6 Å². The molecule has 0 bridgehead atoms. The number of nitrogens with zero attached hydrogens (tertiary/aromatic N) is 1. The van der Waals surface area contributed by atoms with E-state index in [0.717, 1.165) is 25.0 Å². The Hall–Kier alpha value is -1.89. The number of hydrogen-bond acceptors (Lipinski definition) is 4. The fourth-order valence-corrected chi connectivity index (χ4v) is 2.47. The van der Waals surface area contributed by atoms with Gasteiger partial charge in [-0.2, -0.15) is 0 Å². The number of carbonyl (C=O) groups is 1. The largest absolute Gasteiger partial charge is 0.399 e. The van der Waals surface area contributed by atoms with Crippen molar-refractivity contribution < 1.29 is 18.3 Å². The van der Waals surface area contributed by atoms with Crippen molar-refractivity contribution in [3.05, 3.63) is 23.8 Å². The van der Waals surface area contributed by atoms with Crippen LogP contribution in [0.4, 0.5) is 20.2 Å². The predicted molar refractivity (Wildman–Crippen MR) is 73.9 cm³/mol. The third-order valence-corrected chi connectivity index (χ3v) is 3.68. The van der Waals surface area contributed by atoms with Gasteiger partial charge >= 0.3 is 0 Å². The van der Waals surface area contributed by atoms with Crippen LogP contribution >= 0.6 is 0 Å². The average Bonchev–Trinajstić information content (AvgIpc) is 3.22. The molecule has 7 heteroatoms. The highest BCUT2D eigenvalue weighted by molar-refractivity contribution is 5.86. The first-order valence-electron chi connectivity index (χ1n) is 6.95. The first-order chi connectivity index (χ1) is 10.1. The highest BCUT2D eigenvalue weighted by Gasteiger charge is 2.35. The molecule has 0 radical (unpaired) electrons. The minimum Gasteiger partial charge on any atom is -0.399 e. The van der Waals surface area contributed by atoms with Gasteiger partial charge in [0, 0.05) is 18.3 Å². The van der Waals surface area contributed by atoms with E-state index in [0.29, 0.717) is 6.61 Å². The number of hydrogen-bond donors (Lipinski definition) is 2. The molecule has 1 heterocycles. The summed E-state index contributed by atoms with van der Waals surface area (Å²) in [5.74, 6) is -1.79. The predicted octanol–water partition coefficient (Wildman–Crippen LogP) is 1.03. The van der Waals surface area contributed by atoms with Crippen LogP contribution in [0.3, 0.4) is 0 Å². The minimum atomic E-state index is -0.765. The summed E-state index contributed by atoms with van der Waals surface area (Å²) < 4.78 is 33.4. The normalized spacial score (nSPS) is 22.2. The molecule has 1 unspecified atom stereocenters. The van der Waals surface area contributed by atoms with Crippen molar-refractivity contribution in [2.24, 2.45) is 0 Å². The monoisotopic (exact) mass is 297 g/mol. The van der Waals surface area contributed by atoms with Crippen LogP contribution in [-0.4, -0.2) is 37.7 Å². The number of morpholine rings is 1. The van der Waals surface area contributed by atoms with Crippen molar-refractivity contribution in [3.63, 3.8) is 0 Å². The molecule has 1 atom stereocenters. The van der Waals surface area contributed by atoms with Crippen LogP contribution in [0.2, 0.25) is 0 Å². The van der Waals surface area contributed by atoms with E-state index in [1.807, 2.05) is 0 Å². The molecule has 0 aromatic heterocycles. The number of halogens is 2. The van der Waals surface area contributed by atoms with E-state index >= 15 is 0 Å². The van der Waals surface area contributed by atoms with Gasteiger partial charge < -0.3 is 20.7 Å². The molecule has 3 N–H and O–H groups in total. The number of nitrogen functional groups attached to an aromatic ring is 1. The molecular formula is C14H17F2N3O2. The van der Waals surface area contributed by atoms with Gasteiger partial charge in [0.25, 0.3) is 0 Å². The second-order valence-corrected chi connectivity index (χ2v) is 5.40. The Morgan fingerprint density at radius 2 is 2.00 bits per heavy atom. The van der Waals surface area contributed by atoms with Crippen LogP contribution < -0.4 is 16.0 Å². The maximum Gasteiger partial charge on any atom is 0.245 e. The summed E-state index contributed by atoms with van der Waals surface area (Å²) in [5, 5.41) is 2.84. The molecule has 1 aromatic rings. The lowest BCUT2D eigenvalue weighted by Gasteiger charge is -2.36. The highest BCUT2D eigenvalue weighted by atomic mass is 19.1. The van der Waals surface area contributed by atoms with Crippen LogP contribution in [-0.2, 0) is 9.53 Å². The first-order valence-corrected chi connectivity index (χ1v) is 6.95. The second kappa shape index (κ2) is 5.48. The van der Waals surface area contributed by atoms with Crippen LogP contribution in [0, 0.1) is 11.6 Å². The number of nitrogens with one attached hydrogen (secondary N) is 1. The summed E-state index contributed by atoms with van der Waals surface area (Å²) in [7, 11) is 0. The quantitative estimate of drug-likeness (QED) is 0.818. The van der Waals surface area contributed by atoms with Gasteiger partial charge in [-0.1, -0.05) is 0 Å². The second-order valence-electron chi connectivity index (χ2n) is 5.40. The molecule has 21 heavy (non-hydrogen) atoms. The fraction of sp³-hybridized carbons (Fsp3) is 0.500. The summed E-state index contributed by atoms with van der Waals surface area (Å²) in [5.41, 5.74) is 5.22. The standard InChI is InChI=1S/C14H17F2N3O2/c15-10-5-8(17)6-11(16)13(10)19-3-4-21-7-12(19)14(20)18-9-1-2-9/h5-6,9,12H,1-4,7,17H2,(H,18,20). The van der Waals surface area contributed by atoms with Crippen LogP contribution in [0.5, 0.6) is 0 Å². The van der Waals surface area contributed by atoms with Crippen LogP contribution in [0.25, 0.3) is 0 Å². The highest BCUT2D eigenvalue weighted by Crippen LogP contribution is 2.29. The molecule has 5 nitrogen and oxygen atoms in total. The Labute approximate surface area is 121 Å². The van der Waals surface area contributed by atoms with Gasteiger partial charge in [-0.3, -0.25) is 4.79 Å². The van der Waals surface area contributed by atoms with E-state index in [1.54, 1.807) is 0 Å². The SMILES string of the molecule is Nc1cc(F)c(N2CCOCC2C(=O)NC2CC2)c(F)c1. The molecule has 3 rings (SSSR count). The van der Waals surface area contributed by atoms with E-state index in [1.165, 1.54) is 4.90 Å². The number of rotatable bonds is 3. The molecule has 1 aliphatic carbocycles. The Morgan fingerprint density at radius 3 is 2.62 bits per heavy atom. The summed E-state index contributed by atoms with van der Waals surface area (Å²) in [6.45, 7) is 0.679. The number of carbonyl (C=O) groups excluding carboxylic acids is 1. The maximum atomic E-state index is 14.1. The van der Waals surface area contributed by atoms with Crippen molar-refractivity contribution in [2.75, 3.05) is 30.4 Å². The van der Waals surface area contributed by atoms with E-state index in [9.17, 15) is 13.6 Å². The third kappa shape index (κ3) is 2.92. The molecule has 1 aromatic carbocycles. The molecular weight excluding hydrogens is 280 g/mol. The zero-order chi connectivity index (χ0) is 15.0. The molecule has 1 saturated heterocycles. The van der Waals surface area contributed by atoms with Crippen molar-refractivity contribution in [3.8, 4) is 0 Å². The smallest absolute Gasteiger partial charge is 0.245 e. The van der Waals surface area contributed by atoms with E-state index < -0.39 is 17.7 Å². The Morgan fingerprint density at radius 1 is 1.33 bits per heavy atom. The van der Waals surface area contributed by atoms with Gasteiger partial charge in [-0.05, 0) is 25.0 Å². The number of amides is 1. The summed E-state index contributed by atoms with van der Waals surface area (Å²) in [6.07, 6.45) is 1.90. The average molecular weight is 297 g/mol. The molecule has 2 aliphatic rings. The first kappa shape index (κ1) is 14.1. The Balaban J connectivity index is 1.88. The number of benzene rings is 1. The zero-order valence-electron chi connectivity index (χ0n) is 11.4. The molecule has 1 aliphatic heterocycles. The van der Waals surface area contributed by atoms with E-state index in [4.69, 9.17) is 10.5 Å². The van der Waals surface area contributed by atoms with E-state index in [-0.39, 0.29) is 36.5 Å². The molecule has 1 saturated carbocycles. The number of nitrogens with two attached hydrogens (primary N) is 1. The number of ether oxygens (including phenoxy) is 1. The molecule has 0 spiro atoms. The maximum absolute atomic E-state index is 14.1. The third-order valence-electron chi connectivity index (χ3n) is 3.68. The van der Waals surface area contributed by atoms with Crippen molar-refractivity contribution in [1.82, 2.24) is 5.32 Å². The van der Waals surface area contributed by atoms with E-state index in [2.05, 4.69) is 5.32 Å². The van der Waals surface area contributed by atoms with Crippen molar-refractivity contribution >= 4 is 17.3 Å². The Bertz CT molecular complexity index is 540. The zero-order valence-corrected chi connectivity index (χ0v) is 11.4. The lowest BCUT2D eigenvalue weighted by molar-refractivity contribution is -0.124. The van der Waals surface area contributed by atoms with Gasteiger partial charge in [0.1, 0.15) is 11.7 Å². The van der Waals surface area contributed by atoms with Gasteiger partial charge in [0.05, 0.1) is 13.2 Å². The molecule has 2 fully saturated rings. The van der Waals surface area contributed by atoms with Gasteiger partial charge in [-0.25, -0.2) is 8.78 Å². The lowest BCUT2D eigenvalue weighted by Crippen LogP contribution is -2.55. The number of anilines is 2.